The molecule has 1 rings (SSSR count). The highest BCUT2D eigenvalue weighted by atomic mass is 16.5. The molecule has 0 bridgehead atoms. The van der Waals surface area contributed by atoms with Gasteiger partial charge in [-0.15, -0.1) is 12.3 Å². The van der Waals surface area contributed by atoms with Gasteiger partial charge in [-0.1, -0.05) is 26.0 Å². The van der Waals surface area contributed by atoms with E-state index in [1.54, 1.807) is 0 Å². The summed E-state index contributed by atoms with van der Waals surface area (Å²) in [5.41, 5.74) is 1.17. The summed E-state index contributed by atoms with van der Waals surface area (Å²) in [6.45, 7) is 5.92. The van der Waals surface area contributed by atoms with Gasteiger partial charge in [0.25, 0.3) is 0 Å². The normalized spacial score (nSPS) is 12.2. The van der Waals surface area contributed by atoms with Crippen LogP contribution in [0.5, 0.6) is 5.75 Å². The Morgan fingerprint density at radius 3 is 2.58 bits per heavy atom. The fraction of sp³-hybridized carbons (Fsp3) is 0.500. The van der Waals surface area contributed by atoms with Gasteiger partial charge >= 0.3 is 0 Å². The first-order valence-corrected chi connectivity index (χ1v) is 6.67. The molecule has 0 amide bonds. The second-order valence-electron chi connectivity index (χ2n) is 4.89. The first kappa shape index (κ1) is 15.6. The molecule has 1 aromatic carbocycles. The Bertz CT molecular complexity index is 392. The summed E-state index contributed by atoms with van der Waals surface area (Å²) in [5.74, 6) is 3.65. The molecule has 0 spiro atoms. The van der Waals surface area contributed by atoms with Crippen molar-refractivity contribution < 1.29 is 9.84 Å². The molecule has 3 heteroatoms. The lowest BCUT2D eigenvalue weighted by molar-refractivity contribution is 0.123. The van der Waals surface area contributed by atoms with Crippen LogP contribution in [0.2, 0.25) is 0 Å². The Balaban J connectivity index is 2.30. The van der Waals surface area contributed by atoms with Crippen LogP contribution in [0.4, 0.5) is 0 Å². The van der Waals surface area contributed by atoms with Crippen molar-refractivity contribution in [2.75, 3.05) is 13.2 Å². The SMILES string of the molecule is C#CCCOc1ccc(CNCC(O)C(C)C)cc1. The highest BCUT2D eigenvalue weighted by Gasteiger charge is 2.07. The summed E-state index contributed by atoms with van der Waals surface area (Å²) < 4.78 is 5.47. The van der Waals surface area contributed by atoms with Gasteiger partial charge in [-0.25, -0.2) is 0 Å². The van der Waals surface area contributed by atoms with Crippen LogP contribution in [0, 0.1) is 18.3 Å². The lowest BCUT2D eigenvalue weighted by Crippen LogP contribution is -2.30. The minimum absolute atomic E-state index is 0.277. The molecular formula is C16H23NO2. The van der Waals surface area contributed by atoms with Gasteiger partial charge in [0.1, 0.15) is 5.75 Å². The minimum atomic E-state index is -0.300. The number of hydrogen-bond donors (Lipinski definition) is 2. The molecule has 0 heterocycles. The molecule has 104 valence electrons. The Hall–Kier alpha value is -1.50. The van der Waals surface area contributed by atoms with Crippen molar-refractivity contribution in [3.8, 4) is 18.1 Å². The zero-order valence-electron chi connectivity index (χ0n) is 11.7. The fourth-order valence-corrected chi connectivity index (χ4v) is 1.53. The number of ether oxygens (including phenoxy) is 1. The van der Waals surface area contributed by atoms with Crippen LogP contribution >= 0.6 is 0 Å². The van der Waals surface area contributed by atoms with Gasteiger partial charge in [0.05, 0.1) is 12.7 Å². The van der Waals surface area contributed by atoms with Crippen LogP contribution in [0.25, 0.3) is 0 Å². The molecule has 2 N–H and O–H groups in total. The lowest BCUT2D eigenvalue weighted by atomic mass is 10.1. The lowest BCUT2D eigenvalue weighted by Gasteiger charge is -2.15. The third kappa shape index (κ3) is 6.28. The van der Waals surface area contributed by atoms with Crippen molar-refractivity contribution >= 4 is 0 Å². The molecule has 0 fully saturated rings. The Morgan fingerprint density at radius 2 is 2.00 bits per heavy atom. The van der Waals surface area contributed by atoms with Gasteiger partial charge in [-0.3, -0.25) is 0 Å². The molecule has 0 aliphatic carbocycles. The second-order valence-corrected chi connectivity index (χ2v) is 4.89. The second kappa shape index (κ2) is 8.58. The van der Waals surface area contributed by atoms with Crippen LogP contribution in [-0.4, -0.2) is 24.4 Å². The average molecular weight is 261 g/mol. The third-order valence-corrected chi connectivity index (χ3v) is 2.89. The van der Waals surface area contributed by atoms with Crippen molar-refractivity contribution in [3.63, 3.8) is 0 Å². The molecule has 0 aliphatic heterocycles. The largest absolute Gasteiger partial charge is 0.493 e. The molecule has 0 aromatic heterocycles. The summed E-state index contributed by atoms with van der Waals surface area (Å²) in [7, 11) is 0. The van der Waals surface area contributed by atoms with E-state index in [4.69, 9.17) is 11.2 Å². The highest BCUT2D eigenvalue weighted by molar-refractivity contribution is 5.27. The zero-order valence-corrected chi connectivity index (χ0v) is 11.7. The van der Waals surface area contributed by atoms with Crippen LogP contribution in [0.1, 0.15) is 25.8 Å². The number of nitrogens with one attached hydrogen (secondary N) is 1. The first-order valence-electron chi connectivity index (χ1n) is 6.67. The molecule has 1 aromatic rings. The van der Waals surface area contributed by atoms with Gasteiger partial charge in [-0.2, -0.15) is 0 Å². The Morgan fingerprint density at radius 1 is 1.32 bits per heavy atom. The van der Waals surface area contributed by atoms with E-state index in [2.05, 4.69) is 11.2 Å². The van der Waals surface area contributed by atoms with E-state index in [1.807, 2.05) is 38.1 Å². The number of terminal acetylenes is 1. The molecule has 1 atom stereocenters. The number of benzene rings is 1. The maximum absolute atomic E-state index is 9.67. The fourth-order valence-electron chi connectivity index (χ4n) is 1.53. The van der Waals surface area contributed by atoms with E-state index in [0.29, 0.717) is 19.6 Å². The summed E-state index contributed by atoms with van der Waals surface area (Å²) in [5, 5.41) is 12.9. The van der Waals surface area contributed by atoms with Crippen LogP contribution in [0.15, 0.2) is 24.3 Å². The van der Waals surface area contributed by atoms with Crippen LogP contribution < -0.4 is 10.1 Å². The zero-order chi connectivity index (χ0) is 14.1. The van der Waals surface area contributed by atoms with E-state index >= 15 is 0 Å². The number of hydrogen-bond acceptors (Lipinski definition) is 3. The number of aliphatic hydroxyl groups excluding tert-OH is 1. The molecule has 19 heavy (non-hydrogen) atoms. The van der Waals surface area contributed by atoms with E-state index in [-0.39, 0.29) is 12.0 Å². The van der Waals surface area contributed by atoms with Gasteiger partial charge in [-0.05, 0) is 23.6 Å². The standard InChI is InChI=1S/C16H23NO2/c1-4-5-10-19-15-8-6-14(7-9-15)11-17-12-16(18)13(2)3/h1,6-9,13,16-18H,5,10-12H2,2-3H3. The monoisotopic (exact) mass is 261 g/mol. The van der Waals surface area contributed by atoms with Crippen molar-refractivity contribution in [1.82, 2.24) is 5.32 Å². The van der Waals surface area contributed by atoms with Gasteiger partial charge < -0.3 is 15.2 Å². The summed E-state index contributed by atoms with van der Waals surface area (Å²) >= 11 is 0. The minimum Gasteiger partial charge on any atom is -0.493 e. The van der Waals surface area contributed by atoms with Crippen LogP contribution in [-0.2, 0) is 6.54 Å². The van der Waals surface area contributed by atoms with Gasteiger partial charge in [0.15, 0.2) is 0 Å². The number of aliphatic hydroxyl groups is 1. The number of rotatable bonds is 8. The van der Waals surface area contributed by atoms with E-state index in [9.17, 15) is 5.11 Å². The van der Waals surface area contributed by atoms with Crippen molar-refractivity contribution in [2.24, 2.45) is 5.92 Å². The topological polar surface area (TPSA) is 41.5 Å². The quantitative estimate of drug-likeness (QED) is 0.557. The van der Waals surface area contributed by atoms with E-state index in [0.717, 1.165) is 12.3 Å². The van der Waals surface area contributed by atoms with Gasteiger partial charge in [0.2, 0.25) is 0 Å². The predicted octanol–water partition coefficient (Wildman–Crippen LogP) is 2.20. The summed E-state index contributed by atoms with van der Waals surface area (Å²) in [4.78, 5) is 0. The molecule has 0 saturated heterocycles. The maximum Gasteiger partial charge on any atom is 0.119 e. The predicted molar refractivity (Wildman–Crippen MR) is 77.9 cm³/mol. The molecule has 3 nitrogen and oxygen atoms in total. The average Bonchev–Trinajstić information content (AvgIpc) is 2.40. The van der Waals surface area contributed by atoms with E-state index in [1.165, 1.54) is 5.56 Å². The Kier molecular flexibility index (Phi) is 7.02. The first-order chi connectivity index (χ1) is 9.13. The molecule has 0 saturated carbocycles. The van der Waals surface area contributed by atoms with Crippen LogP contribution in [0.3, 0.4) is 0 Å². The molecule has 0 radical (unpaired) electrons. The smallest absolute Gasteiger partial charge is 0.119 e. The van der Waals surface area contributed by atoms with Crippen molar-refractivity contribution in [3.05, 3.63) is 29.8 Å². The van der Waals surface area contributed by atoms with Crippen molar-refractivity contribution in [2.45, 2.75) is 32.9 Å². The summed E-state index contributed by atoms with van der Waals surface area (Å²) in [6.07, 6.45) is 5.48. The van der Waals surface area contributed by atoms with Crippen molar-refractivity contribution in [1.29, 1.82) is 0 Å². The molecule has 0 aliphatic rings. The van der Waals surface area contributed by atoms with Gasteiger partial charge in [0, 0.05) is 19.5 Å². The maximum atomic E-state index is 9.67. The Labute approximate surface area is 116 Å². The summed E-state index contributed by atoms with van der Waals surface area (Å²) in [6, 6.07) is 7.90. The highest BCUT2D eigenvalue weighted by Crippen LogP contribution is 2.12. The molecule has 1 unspecified atom stereocenters. The van der Waals surface area contributed by atoms with E-state index < -0.39 is 0 Å². The molecular weight excluding hydrogens is 238 g/mol. The third-order valence-electron chi connectivity index (χ3n) is 2.89.